The number of carbonyl (C=O) groups is 2. The molecule has 1 N–H and O–H groups in total. The van der Waals surface area contributed by atoms with Crippen LogP contribution in [0.4, 0.5) is 39.1 Å². The standard InChI is InChI=1S/C22H16F5N3O2/c1-13(31)30(16-6-7-18(23)19(24)12-16)20-11-15(8-9-28-20)29-21(32)10-14-4-2-3-5-17(14)22(25,26)27/h2-9,11-12H,10H2,1H3,(H,28,29,32). The van der Waals surface area contributed by atoms with Gasteiger partial charge in [-0.2, -0.15) is 13.2 Å². The fraction of sp³-hybridized carbons (Fsp3) is 0.136. The number of benzene rings is 2. The van der Waals surface area contributed by atoms with Crippen molar-refractivity contribution in [3.63, 3.8) is 0 Å². The van der Waals surface area contributed by atoms with E-state index in [2.05, 4.69) is 10.3 Å². The highest BCUT2D eigenvalue weighted by molar-refractivity contribution is 5.99. The zero-order valence-electron chi connectivity index (χ0n) is 16.6. The van der Waals surface area contributed by atoms with Gasteiger partial charge in [-0.3, -0.25) is 14.5 Å². The Bertz CT molecular complexity index is 1160. The van der Waals surface area contributed by atoms with E-state index in [9.17, 15) is 31.5 Å². The van der Waals surface area contributed by atoms with E-state index in [0.29, 0.717) is 0 Å². The Morgan fingerprint density at radius 2 is 1.72 bits per heavy atom. The zero-order valence-corrected chi connectivity index (χ0v) is 16.6. The maximum atomic E-state index is 13.6. The number of carbonyl (C=O) groups excluding carboxylic acids is 2. The first-order valence-corrected chi connectivity index (χ1v) is 9.23. The van der Waals surface area contributed by atoms with Gasteiger partial charge >= 0.3 is 6.18 Å². The van der Waals surface area contributed by atoms with Gasteiger partial charge in [0, 0.05) is 30.9 Å². The van der Waals surface area contributed by atoms with E-state index in [0.717, 1.165) is 23.1 Å². The molecule has 0 radical (unpaired) electrons. The summed E-state index contributed by atoms with van der Waals surface area (Å²) in [5.74, 6) is -3.55. The summed E-state index contributed by atoms with van der Waals surface area (Å²) in [6, 6.07) is 10.2. The summed E-state index contributed by atoms with van der Waals surface area (Å²) < 4.78 is 66.3. The lowest BCUT2D eigenvalue weighted by Crippen LogP contribution is -2.24. The molecular weight excluding hydrogens is 433 g/mol. The number of hydrogen-bond acceptors (Lipinski definition) is 3. The van der Waals surface area contributed by atoms with Crippen LogP contribution in [-0.4, -0.2) is 16.8 Å². The lowest BCUT2D eigenvalue weighted by atomic mass is 10.0. The van der Waals surface area contributed by atoms with Crippen molar-refractivity contribution in [3.05, 3.63) is 83.6 Å². The molecule has 0 bridgehead atoms. The molecule has 0 spiro atoms. The minimum Gasteiger partial charge on any atom is -0.326 e. The summed E-state index contributed by atoms with van der Waals surface area (Å²) in [7, 11) is 0. The van der Waals surface area contributed by atoms with Crippen LogP contribution >= 0.6 is 0 Å². The van der Waals surface area contributed by atoms with Gasteiger partial charge in [0.05, 0.1) is 17.7 Å². The average Bonchev–Trinajstić information content (AvgIpc) is 2.70. The second-order valence-corrected chi connectivity index (χ2v) is 6.74. The van der Waals surface area contributed by atoms with E-state index in [1.807, 2.05) is 0 Å². The first-order valence-electron chi connectivity index (χ1n) is 9.23. The van der Waals surface area contributed by atoms with E-state index in [1.54, 1.807) is 0 Å². The Hall–Kier alpha value is -3.82. The summed E-state index contributed by atoms with van der Waals surface area (Å²) in [5, 5.41) is 2.46. The Morgan fingerprint density at radius 3 is 2.38 bits per heavy atom. The number of halogens is 5. The summed E-state index contributed by atoms with van der Waals surface area (Å²) in [6.45, 7) is 1.18. The Morgan fingerprint density at radius 1 is 1.00 bits per heavy atom. The molecule has 166 valence electrons. The van der Waals surface area contributed by atoms with Crippen molar-refractivity contribution >= 4 is 29.0 Å². The number of nitrogens with zero attached hydrogens (tertiary/aromatic N) is 2. The third kappa shape index (κ3) is 5.26. The topological polar surface area (TPSA) is 62.3 Å². The van der Waals surface area contributed by atoms with Gasteiger partial charge in [0.1, 0.15) is 5.82 Å². The van der Waals surface area contributed by atoms with Gasteiger partial charge in [-0.1, -0.05) is 18.2 Å². The fourth-order valence-electron chi connectivity index (χ4n) is 3.05. The van der Waals surface area contributed by atoms with Crippen LogP contribution in [0.3, 0.4) is 0 Å². The van der Waals surface area contributed by atoms with Crippen molar-refractivity contribution in [1.82, 2.24) is 4.98 Å². The summed E-state index contributed by atoms with van der Waals surface area (Å²) in [6.07, 6.45) is -3.88. The predicted octanol–water partition coefficient (Wildman–Crippen LogP) is 5.24. The van der Waals surface area contributed by atoms with Crippen molar-refractivity contribution in [3.8, 4) is 0 Å². The van der Waals surface area contributed by atoms with E-state index in [4.69, 9.17) is 0 Å². The molecule has 0 atom stereocenters. The fourth-order valence-corrected chi connectivity index (χ4v) is 3.05. The maximum Gasteiger partial charge on any atom is 0.416 e. The van der Waals surface area contributed by atoms with Gasteiger partial charge < -0.3 is 5.32 Å². The van der Waals surface area contributed by atoms with Crippen LogP contribution in [0.5, 0.6) is 0 Å². The van der Waals surface area contributed by atoms with Gasteiger partial charge in [0.2, 0.25) is 11.8 Å². The van der Waals surface area contributed by atoms with E-state index < -0.39 is 41.6 Å². The number of alkyl halides is 3. The highest BCUT2D eigenvalue weighted by atomic mass is 19.4. The lowest BCUT2D eigenvalue weighted by Gasteiger charge is -2.21. The Balaban J connectivity index is 1.83. The molecule has 0 unspecified atom stereocenters. The Labute approximate surface area is 179 Å². The molecule has 5 nitrogen and oxygen atoms in total. The number of nitrogens with one attached hydrogen (secondary N) is 1. The van der Waals surface area contributed by atoms with Gasteiger partial charge in [-0.05, 0) is 29.8 Å². The molecule has 0 aliphatic rings. The predicted molar refractivity (Wildman–Crippen MR) is 107 cm³/mol. The smallest absolute Gasteiger partial charge is 0.326 e. The van der Waals surface area contributed by atoms with Crippen molar-refractivity contribution in [2.24, 2.45) is 0 Å². The lowest BCUT2D eigenvalue weighted by molar-refractivity contribution is -0.138. The number of amides is 2. The van der Waals surface area contributed by atoms with Gasteiger partial charge in [-0.25, -0.2) is 13.8 Å². The summed E-state index contributed by atoms with van der Waals surface area (Å²) in [4.78, 5) is 29.5. The van der Waals surface area contributed by atoms with Crippen LogP contribution in [-0.2, 0) is 22.2 Å². The molecule has 3 aromatic rings. The molecule has 0 saturated carbocycles. The first-order chi connectivity index (χ1) is 15.1. The van der Waals surface area contributed by atoms with Crippen LogP contribution in [0.15, 0.2) is 60.8 Å². The number of hydrogen-bond donors (Lipinski definition) is 1. The monoisotopic (exact) mass is 449 g/mol. The van der Waals surface area contributed by atoms with Crippen molar-refractivity contribution in [2.45, 2.75) is 19.5 Å². The molecule has 3 rings (SSSR count). The van der Waals surface area contributed by atoms with Crippen LogP contribution in [0, 0.1) is 11.6 Å². The second-order valence-electron chi connectivity index (χ2n) is 6.74. The Kier molecular flexibility index (Phi) is 6.52. The molecule has 0 saturated heterocycles. The molecule has 2 amide bonds. The number of rotatable bonds is 5. The third-order valence-electron chi connectivity index (χ3n) is 4.41. The van der Waals surface area contributed by atoms with E-state index in [1.165, 1.54) is 49.5 Å². The molecule has 10 heteroatoms. The van der Waals surface area contributed by atoms with Crippen molar-refractivity contribution in [2.75, 3.05) is 10.2 Å². The molecule has 0 fully saturated rings. The highest BCUT2D eigenvalue weighted by Crippen LogP contribution is 2.32. The van der Waals surface area contributed by atoms with E-state index >= 15 is 0 Å². The minimum atomic E-state index is -4.60. The SMILES string of the molecule is CC(=O)N(c1ccc(F)c(F)c1)c1cc(NC(=O)Cc2ccccc2C(F)(F)F)ccn1. The largest absolute Gasteiger partial charge is 0.416 e. The number of pyridine rings is 1. The number of anilines is 3. The quantitative estimate of drug-likeness (QED) is 0.542. The third-order valence-corrected chi connectivity index (χ3v) is 4.41. The van der Waals surface area contributed by atoms with Crippen molar-refractivity contribution in [1.29, 1.82) is 0 Å². The van der Waals surface area contributed by atoms with Gasteiger partial charge in [0.15, 0.2) is 11.6 Å². The maximum absolute atomic E-state index is 13.6. The molecule has 1 aromatic heterocycles. The molecule has 0 aliphatic carbocycles. The van der Waals surface area contributed by atoms with Crippen LogP contribution in [0.1, 0.15) is 18.1 Å². The van der Waals surface area contributed by atoms with Crippen LogP contribution < -0.4 is 10.2 Å². The average molecular weight is 449 g/mol. The normalized spacial score (nSPS) is 11.2. The summed E-state index contributed by atoms with van der Waals surface area (Å²) >= 11 is 0. The summed E-state index contributed by atoms with van der Waals surface area (Å²) in [5.41, 5.74) is -0.949. The van der Waals surface area contributed by atoms with Crippen LogP contribution in [0.25, 0.3) is 0 Å². The zero-order chi connectivity index (χ0) is 23.5. The second kappa shape index (κ2) is 9.13. The first kappa shape index (κ1) is 22.9. The van der Waals surface area contributed by atoms with Gasteiger partial charge in [-0.15, -0.1) is 0 Å². The minimum absolute atomic E-state index is 0.00278. The van der Waals surface area contributed by atoms with Crippen molar-refractivity contribution < 1.29 is 31.5 Å². The molecule has 2 aromatic carbocycles. The molecule has 0 aliphatic heterocycles. The van der Waals surface area contributed by atoms with Crippen LogP contribution in [0.2, 0.25) is 0 Å². The molecule has 1 heterocycles. The van der Waals surface area contributed by atoms with Gasteiger partial charge in [0.25, 0.3) is 0 Å². The molecule has 32 heavy (non-hydrogen) atoms. The molecular formula is C22H16F5N3O2. The van der Waals surface area contributed by atoms with E-state index in [-0.39, 0.29) is 22.8 Å². The number of aromatic nitrogens is 1. The highest BCUT2D eigenvalue weighted by Gasteiger charge is 2.33.